The Morgan fingerprint density at radius 2 is 1.56 bits per heavy atom. The van der Waals surface area contributed by atoms with Gasteiger partial charge in [0.05, 0.1) is 10.9 Å². The van der Waals surface area contributed by atoms with Crippen molar-refractivity contribution in [2.75, 3.05) is 6.54 Å². The number of sulfone groups is 1. The molecular formula is C22H16ClF8NO3S. The van der Waals surface area contributed by atoms with Crippen LogP contribution in [-0.2, 0) is 26.7 Å². The van der Waals surface area contributed by atoms with Crippen molar-refractivity contribution in [1.82, 2.24) is 4.90 Å². The molecule has 1 aliphatic heterocycles. The highest BCUT2D eigenvalue weighted by Crippen LogP contribution is 2.56. The van der Waals surface area contributed by atoms with E-state index in [-0.39, 0.29) is 47.9 Å². The Morgan fingerprint density at radius 1 is 0.972 bits per heavy atom. The van der Waals surface area contributed by atoms with E-state index in [1.165, 1.54) is 0 Å². The van der Waals surface area contributed by atoms with Crippen molar-refractivity contribution in [1.29, 1.82) is 0 Å². The predicted octanol–water partition coefficient (Wildman–Crippen LogP) is 6.16. The highest BCUT2D eigenvalue weighted by atomic mass is 35.5. The smallest absolute Gasteiger partial charge is 0.324 e. The van der Waals surface area contributed by atoms with Crippen LogP contribution >= 0.6 is 11.6 Å². The lowest BCUT2D eigenvalue weighted by Gasteiger charge is -2.42. The minimum Gasteiger partial charge on any atom is -0.324 e. The SMILES string of the molecule is O=C(Cl)N1CC[C@@]2(S(=O)(=O)c3ccc(F)cc3)c3ccc(C(F)(C(F)(F)F)C(F)(F)F)cc3CC[C@@H]12. The fourth-order valence-electron chi connectivity index (χ4n) is 5.26. The van der Waals surface area contributed by atoms with Crippen molar-refractivity contribution in [3.63, 3.8) is 0 Å². The summed E-state index contributed by atoms with van der Waals surface area (Å²) in [4.78, 5) is 12.7. The van der Waals surface area contributed by atoms with Gasteiger partial charge in [-0.15, -0.1) is 0 Å². The molecule has 0 N–H and O–H groups in total. The number of likely N-dealkylation sites (tertiary alicyclic amines) is 1. The number of halogens is 9. The van der Waals surface area contributed by atoms with Gasteiger partial charge in [0.15, 0.2) is 9.84 Å². The van der Waals surface area contributed by atoms with Crippen LogP contribution in [0.25, 0.3) is 0 Å². The summed E-state index contributed by atoms with van der Waals surface area (Å²) in [5, 5.41) is -0.992. The normalized spacial score (nSPS) is 22.8. The molecule has 1 heterocycles. The van der Waals surface area contributed by atoms with Crippen molar-refractivity contribution in [2.24, 2.45) is 0 Å². The van der Waals surface area contributed by atoms with E-state index < -0.39 is 55.4 Å². The highest BCUT2D eigenvalue weighted by molar-refractivity contribution is 7.92. The molecule has 1 fully saturated rings. The molecule has 0 bridgehead atoms. The molecule has 14 heteroatoms. The Kier molecular flexibility index (Phi) is 6.15. The van der Waals surface area contributed by atoms with Gasteiger partial charge in [-0.3, -0.25) is 4.79 Å². The fraction of sp³-hybridized carbons (Fsp3) is 0.409. The Balaban J connectivity index is 1.97. The van der Waals surface area contributed by atoms with Gasteiger partial charge in [-0.05, 0) is 66.3 Å². The number of hydrogen-bond acceptors (Lipinski definition) is 3. The third kappa shape index (κ3) is 3.60. The quantitative estimate of drug-likeness (QED) is 0.195. The first-order valence-corrected chi connectivity index (χ1v) is 12.3. The number of aryl methyl sites for hydroxylation is 1. The van der Waals surface area contributed by atoms with E-state index in [0.717, 1.165) is 35.2 Å². The molecule has 2 atom stereocenters. The molecule has 196 valence electrons. The van der Waals surface area contributed by atoms with Gasteiger partial charge in [-0.1, -0.05) is 18.2 Å². The monoisotopic (exact) mass is 561 g/mol. The molecule has 0 spiro atoms. The maximum absolute atomic E-state index is 14.7. The van der Waals surface area contributed by atoms with Crippen molar-refractivity contribution in [3.05, 3.63) is 65.0 Å². The van der Waals surface area contributed by atoms with E-state index in [1.54, 1.807) is 0 Å². The third-order valence-corrected chi connectivity index (χ3v) is 9.66. The van der Waals surface area contributed by atoms with E-state index in [2.05, 4.69) is 0 Å². The van der Waals surface area contributed by atoms with Gasteiger partial charge in [0.25, 0.3) is 0 Å². The van der Waals surface area contributed by atoms with Crippen LogP contribution in [0.15, 0.2) is 47.4 Å². The number of benzene rings is 2. The van der Waals surface area contributed by atoms with E-state index in [0.29, 0.717) is 6.07 Å². The predicted molar refractivity (Wildman–Crippen MR) is 111 cm³/mol. The first-order valence-electron chi connectivity index (χ1n) is 10.4. The maximum Gasteiger partial charge on any atom is 0.435 e. The maximum atomic E-state index is 14.7. The van der Waals surface area contributed by atoms with Gasteiger partial charge in [-0.2, -0.15) is 26.3 Å². The lowest BCUT2D eigenvalue weighted by atomic mass is 9.77. The number of rotatable bonds is 3. The first-order chi connectivity index (χ1) is 16.5. The van der Waals surface area contributed by atoms with E-state index in [4.69, 9.17) is 11.6 Å². The zero-order chi connectivity index (χ0) is 26.9. The summed E-state index contributed by atoms with van der Waals surface area (Å²) in [6, 6.07) is 3.91. The Hall–Kier alpha value is -2.41. The number of carbonyl (C=O) groups excluding carboxylic acids is 1. The zero-order valence-corrected chi connectivity index (χ0v) is 19.5. The van der Waals surface area contributed by atoms with Gasteiger partial charge in [0.1, 0.15) is 10.6 Å². The third-order valence-electron chi connectivity index (χ3n) is 6.90. The van der Waals surface area contributed by atoms with Crippen LogP contribution in [0.3, 0.4) is 0 Å². The Bertz CT molecular complexity index is 1300. The number of nitrogens with zero attached hydrogens (tertiary/aromatic N) is 1. The van der Waals surface area contributed by atoms with Gasteiger partial charge >= 0.3 is 23.4 Å². The molecule has 36 heavy (non-hydrogen) atoms. The molecule has 0 radical (unpaired) electrons. The number of fused-ring (bicyclic) bond motifs is 3. The molecule has 1 aliphatic carbocycles. The molecule has 1 saturated heterocycles. The minimum atomic E-state index is -6.34. The van der Waals surface area contributed by atoms with Gasteiger partial charge in [-0.25, -0.2) is 17.2 Å². The molecule has 4 nitrogen and oxygen atoms in total. The molecule has 4 rings (SSSR count). The summed E-state index contributed by atoms with van der Waals surface area (Å²) in [5.74, 6) is -0.751. The van der Waals surface area contributed by atoms with Gasteiger partial charge in [0, 0.05) is 12.1 Å². The van der Waals surface area contributed by atoms with Gasteiger partial charge < -0.3 is 4.90 Å². The van der Waals surface area contributed by atoms with Crippen LogP contribution in [0.1, 0.15) is 29.5 Å². The molecular weight excluding hydrogens is 546 g/mol. The number of hydrogen-bond donors (Lipinski definition) is 0. The topological polar surface area (TPSA) is 54.5 Å². The van der Waals surface area contributed by atoms with Crippen LogP contribution < -0.4 is 0 Å². The first kappa shape index (κ1) is 26.6. The van der Waals surface area contributed by atoms with E-state index >= 15 is 0 Å². The standard InChI is InChI=1S/C22H16ClF8NO3S/c23-18(33)32-10-9-19(36(34,35)15-5-3-14(24)4-6-15)16-7-2-13(11-12(16)1-8-17(19)32)20(25,21(26,27)28)22(29,30)31/h2-7,11,17H,1,8-10H2/t17-,19-/m1/s1. The lowest BCUT2D eigenvalue weighted by molar-refractivity contribution is -0.348. The van der Waals surface area contributed by atoms with Gasteiger partial charge in [0.2, 0.25) is 0 Å². The second-order valence-electron chi connectivity index (χ2n) is 8.62. The molecule has 1 amide bonds. The van der Waals surface area contributed by atoms with Crippen LogP contribution in [0.5, 0.6) is 0 Å². The summed E-state index contributed by atoms with van der Waals surface area (Å²) in [7, 11) is -4.52. The minimum absolute atomic E-state index is 0.168. The second-order valence-corrected chi connectivity index (χ2v) is 11.2. The summed E-state index contributed by atoms with van der Waals surface area (Å²) in [6.07, 6.45) is -13.4. The molecule has 0 unspecified atom stereocenters. The number of alkyl halides is 7. The average molecular weight is 562 g/mol. The summed E-state index contributed by atoms with van der Waals surface area (Å²) in [5.41, 5.74) is -7.84. The number of amides is 1. The van der Waals surface area contributed by atoms with E-state index in [9.17, 15) is 48.3 Å². The number of carbonyl (C=O) groups is 1. The van der Waals surface area contributed by atoms with Crippen LogP contribution in [-0.4, -0.2) is 43.6 Å². The van der Waals surface area contributed by atoms with Crippen molar-refractivity contribution >= 4 is 26.8 Å². The highest BCUT2D eigenvalue weighted by Gasteiger charge is 2.73. The van der Waals surface area contributed by atoms with Crippen molar-refractivity contribution in [3.8, 4) is 0 Å². The molecule has 2 aromatic rings. The van der Waals surface area contributed by atoms with E-state index in [1.807, 2.05) is 0 Å². The Morgan fingerprint density at radius 3 is 2.08 bits per heavy atom. The summed E-state index contributed by atoms with van der Waals surface area (Å²) in [6.45, 7) is -0.174. The lowest BCUT2D eigenvalue weighted by Crippen LogP contribution is -2.52. The Labute approximate surface area is 204 Å². The van der Waals surface area contributed by atoms with Crippen LogP contribution in [0.2, 0.25) is 0 Å². The summed E-state index contributed by atoms with van der Waals surface area (Å²) < 4.78 is 134. The fourth-order valence-corrected chi connectivity index (χ4v) is 7.83. The largest absolute Gasteiger partial charge is 0.435 e. The second kappa shape index (κ2) is 8.30. The summed E-state index contributed by atoms with van der Waals surface area (Å²) >= 11 is 5.64. The molecule has 2 aliphatic rings. The average Bonchev–Trinajstić information content (AvgIpc) is 3.19. The van der Waals surface area contributed by atoms with Crippen molar-refractivity contribution < 1.29 is 48.3 Å². The molecule has 0 aromatic heterocycles. The zero-order valence-electron chi connectivity index (χ0n) is 17.9. The molecule has 0 saturated carbocycles. The molecule has 2 aromatic carbocycles. The van der Waals surface area contributed by atoms with Crippen LogP contribution in [0.4, 0.5) is 39.9 Å². The van der Waals surface area contributed by atoms with Crippen LogP contribution in [0, 0.1) is 5.82 Å². The van der Waals surface area contributed by atoms with Crippen molar-refractivity contribution in [2.45, 2.75) is 53.0 Å².